The van der Waals surface area contributed by atoms with Crippen LogP contribution < -0.4 is 9.80 Å². The molecule has 36 heavy (non-hydrogen) atoms. The molecular weight excluding hydrogens is 444 g/mol. The van der Waals surface area contributed by atoms with E-state index < -0.39 is 11.8 Å². The molecule has 3 aromatic carbocycles. The highest BCUT2D eigenvalue weighted by Gasteiger charge is 2.49. The van der Waals surface area contributed by atoms with Gasteiger partial charge in [-0.15, -0.1) is 0 Å². The van der Waals surface area contributed by atoms with Crippen LogP contribution in [0.25, 0.3) is 16.3 Å². The number of ketones is 2. The zero-order valence-electron chi connectivity index (χ0n) is 21.2. The Morgan fingerprint density at radius 2 is 1.56 bits per heavy atom. The summed E-state index contributed by atoms with van der Waals surface area (Å²) in [6, 6.07) is 20.8. The van der Waals surface area contributed by atoms with E-state index in [9.17, 15) is 9.59 Å². The fourth-order valence-corrected chi connectivity index (χ4v) is 6.16. The van der Waals surface area contributed by atoms with Gasteiger partial charge in [0.05, 0.1) is 11.8 Å². The molecular formula is C32H30N2O2. The van der Waals surface area contributed by atoms with Crippen molar-refractivity contribution in [3.8, 4) is 0 Å². The van der Waals surface area contributed by atoms with E-state index in [4.69, 9.17) is 0 Å². The average Bonchev–Trinajstić information content (AvgIpc) is 3.10. The Kier molecular flexibility index (Phi) is 5.04. The first-order chi connectivity index (χ1) is 17.3. The number of anilines is 2. The van der Waals surface area contributed by atoms with Crippen molar-refractivity contribution in [2.24, 2.45) is 11.8 Å². The van der Waals surface area contributed by atoms with E-state index in [-0.39, 0.29) is 17.0 Å². The normalized spacial score (nSPS) is 24.4. The minimum Gasteiger partial charge on any atom is -0.348 e. The van der Waals surface area contributed by atoms with Gasteiger partial charge in [0.25, 0.3) is 0 Å². The molecule has 0 atom stereocenters. The van der Waals surface area contributed by atoms with Crippen molar-refractivity contribution in [1.82, 2.24) is 0 Å². The van der Waals surface area contributed by atoms with Gasteiger partial charge in [-0.3, -0.25) is 9.59 Å². The Hall–Kier alpha value is -3.92. The summed E-state index contributed by atoms with van der Waals surface area (Å²) in [6.07, 6.45) is 7.80. The lowest BCUT2D eigenvalue weighted by Gasteiger charge is -2.33. The molecule has 0 amide bonds. The lowest BCUT2D eigenvalue weighted by molar-refractivity contribution is -0.145. The van der Waals surface area contributed by atoms with E-state index in [2.05, 4.69) is 79.1 Å². The highest BCUT2D eigenvalue weighted by Crippen LogP contribution is 2.51. The van der Waals surface area contributed by atoms with Crippen LogP contribution >= 0.6 is 0 Å². The van der Waals surface area contributed by atoms with Gasteiger partial charge in [-0.1, -0.05) is 68.5 Å². The number of allylic oxidation sites excluding steroid dienone is 5. The molecule has 1 saturated carbocycles. The molecule has 0 spiro atoms. The molecule has 180 valence electrons. The highest BCUT2D eigenvalue weighted by molar-refractivity contribution is 6.27. The van der Waals surface area contributed by atoms with Crippen LogP contribution in [-0.2, 0) is 15.0 Å². The second-order valence-electron chi connectivity index (χ2n) is 10.4. The van der Waals surface area contributed by atoms with Crippen molar-refractivity contribution < 1.29 is 9.59 Å². The minimum atomic E-state index is -0.695. The summed E-state index contributed by atoms with van der Waals surface area (Å²) in [5.74, 6) is -1.42. The molecule has 0 unspecified atom stereocenters. The molecule has 0 saturated heterocycles. The summed E-state index contributed by atoms with van der Waals surface area (Å²) in [5, 5.41) is 2.41. The molecule has 2 heterocycles. The lowest BCUT2D eigenvalue weighted by Crippen LogP contribution is -2.47. The number of benzene rings is 3. The van der Waals surface area contributed by atoms with Crippen molar-refractivity contribution in [3.05, 3.63) is 102 Å². The second-order valence-corrected chi connectivity index (χ2v) is 10.4. The van der Waals surface area contributed by atoms with Gasteiger partial charge in [-0.2, -0.15) is 0 Å². The van der Waals surface area contributed by atoms with E-state index in [0.29, 0.717) is 0 Å². The van der Waals surface area contributed by atoms with Crippen LogP contribution in [0.5, 0.6) is 0 Å². The van der Waals surface area contributed by atoms with Crippen LogP contribution in [0.15, 0.2) is 90.8 Å². The summed E-state index contributed by atoms with van der Waals surface area (Å²) in [4.78, 5) is 30.9. The molecule has 3 aromatic rings. The number of carbonyl (C=O) groups excluding carboxylic acids is 2. The van der Waals surface area contributed by atoms with Crippen LogP contribution in [-0.4, -0.2) is 25.2 Å². The Bertz CT molecular complexity index is 1510. The molecule has 2 aliphatic heterocycles. The van der Waals surface area contributed by atoms with Crippen molar-refractivity contribution in [2.45, 2.75) is 26.2 Å². The molecule has 1 aliphatic carbocycles. The molecule has 0 bridgehead atoms. The largest absolute Gasteiger partial charge is 0.348 e. The number of para-hydroxylation sites is 1. The van der Waals surface area contributed by atoms with Gasteiger partial charge in [0.2, 0.25) is 0 Å². The van der Waals surface area contributed by atoms with Crippen LogP contribution in [0.4, 0.5) is 11.4 Å². The van der Waals surface area contributed by atoms with E-state index in [1.807, 2.05) is 43.6 Å². The third-order valence-electron chi connectivity index (χ3n) is 8.09. The molecule has 1 fully saturated rings. The van der Waals surface area contributed by atoms with Crippen molar-refractivity contribution in [1.29, 1.82) is 0 Å². The third kappa shape index (κ3) is 3.13. The smallest absolute Gasteiger partial charge is 0.161 e. The fourth-order valence-electron chi connectivity index (χ4n) is 6.16. The van der Waals surface area contributed by atoms with Gasteiger partial charge in [0.1, 0.15) is 0 Å². The Labute approximate surface area is 212 Å². The zero-order valence-corrected chi connectivity index (χ0v) is 21.2. The van der Waals surface area contributed by atoms with Gasteiger partial charge >= 0.3 is 0 Å². The number of Topliss-reactive ketones (excluding diaryl/α,β-unsaturated/α-hetero) is 2. The summed E-state index contributed by atoms with van der Waals surface area (Å²) < 4.78 is 0. The van der Waals surface area contributed by atoms with E-state index in [1.54, 1.807) is 0 Å². The topological polar surface area (TPSA) is 40.6 Å². The predicted molar refractivity (Wildman–Crippen MR) is 147 cm³/mol. The van der Waals surface area contributed by atoms with Gasteiger partial charge in [-0.05, 0) is 53.1 Å². The molecule has 4 nitrogen and oxygen atoms in total. The maximum absolute atomic E-state index is 13.3. The summed E-state index contributed by atoms with van der Waals surface area (Å²) >= 11 is 0. The minimum absolute atomic E-state index is 0.0196. The van der Waals surface area contributed by atoms with E-state index >= 15 is 0 Å². The van der Waals surface area contributed by atoms with Crippen molar-refractivity contribution >= 4 is 39.3 Å². The maximum atomic E-state index is 13.3. The lowest BCUT2D eigenvalue weighted by atomic mass is 9.69. The Morgan fingerprint density at radius 3 is 2.33 bits per heavy atom. The Morgan fingerprint density at radius 1 is 0.861 bits per heavy atom. The SMILES string of the molecule is CCN1C=C/C(=C/C2C(=O)C(/C=C3/N(C)c4ccc5ccccc5c4C3(C)C)C2=O)c2ccccc21. The molecule has 6 rings (SSSR count). The summed E-state index contributed by atoms with van der Waals surface area (Å²) in [6.45, 7) is 7.34. The van der Waals surface area contributed by atoms with Gasteiger partial charge in [0, 0.05) is 47.8 Å². The van der Waals surface area contributed by atoms with Crippen molar-refractivity contribution in [3.63, 3.8) is 0 Å². The van der Waals surface area contributed by atoms with Gasteiger partial charge in [0.15, 0.2) is 11.6 Å². The van der Waals surface area contributed by atoms with Crippen LogP contribution in [0.3, 0.4) is 0 Å². The first kappa shape index (κ1) is 22.5. The monoisotopic (exact) mass is 474 g/mol. The van der Waals surface area contributed by atoms with Crippen LogP contribution in [0, 0.1) is 11.8 Å². The molecule has 3 aliphatic rings. The first-order valence-corrected chi connectivity index (χ1v) is 12.6. The summed E-state index contributed by atoms with van der Waals surface area (Å²) in [5.41, 5.74) is 6.17. The third-order valence-corrected chi connectivity index (χ3v) is 8.09. The molecule has 0 N–H and O–H groups in total. The highest BCUT2D eigenvalue weighted by atomic mass is 16.2. The Balaban J connectivity index is 1.32. The van der Waals surface area contributed by atoms with Crippen molar-refractivity contribution in [2.75, 3.05) is 23.4 Å². The van der Waals surface area contributed by atoms with E-state index in [0.717, 1.165) is 34.8 Å². The first-order valence-electron chi connectivity index (χ1n) is 12.6. The number of likely N-dealkylation sites (N-methyl/N-ethyl adjacent to an activating group) is 1. The number of fused-ring (bicyclic) bond motifs is 4. The van der Waals surface area contributed by atoms with Gasteiger partial charge < -0.3 is 9.80 Å². The van der Waals surface area contributed by atoms with E-state index in [1.165, 1.54) is 16.3 Å². The number of nitrogens with zero attached hydrogens (tertiary/aromatic N) is 2. The van der Waals surface area contributed by atoms with Crippen LogP contribution in [0.2, 0.25) is 0 Å². The van der Waals surface area contributed by atoms with Crippen LogP contribution in [0.1, 0.15) is 31.9 Å². The second kappa shape index (κ2) is 8.06. The number of rotatable bonds is 3. The van der Waals surface area contributed by atoms with Gasteiger partial charge in [-0.25, -0.2) is 0 Å². The maximum Gasteiger partial charge on any atom is 0.161 e. The quantitative estimate of drug-likeness (QED) is 0.420. The fraction of sp³-hybridized carbons (Fsp3) is 0.250. The predicted octanol–water partition coefficient (Wildman–Crippen LogP) is 6.27. The number of hydrogen-bond acceptors (Lipinski definition) is 4. The average molecular weight is 475 g/mol. The molecule has 0 radical (unpaired) electrons. The standard InChI is InChI=1S/C32H30N2O2/c1-5-34-17-16-21(22-11-8-9-13-26(22)34)18-24-30(35)25(31(24)36)19-28-32(2,3)29-23-12-7-6-10-20(23)14-15-27(29)33(28)4/h6-19,24-25H,5H2,1-4H3/b21-18-,28-19+. The molecule has 0 aromatic heterocycles. The zero-order chi connectivity index (χ0) is 25.2. The summed E-state index contributed by atoms with van der Waals surface area (Å²) in [7, 11) is 2.03. The number of hydrogen-bond donors (Lipinski definition) is 0. The number of carbonyl (C=O) groups is 2. The molecule has 4 heteroatoms.